The van der Waals surface area contributed by atoms with E-state index in [-0.39, 0.29) is 0 Å². The summed E-state index contributed by atoms with van der Waals surface area (Å²) in [7, 11) is 0. The van der Waals surface area contributed by atoms with Crippen molar-refractivity contribution in [3.05, 3.63) is 52.7 Å². The van der Waals surface area contributed by atoms with Crippen molar-refractivity contribution in [3.8, 4) is 0 Å². The van der Waals surface area contributed by atoms with Crippen molar-refractivity contribution in [1.82, 2.24) is 9.97 Å². The van der Waals surface area contributed by atoms with Gasteiger partial charge >= 0.3 is 0 Å². The zero-order valence-corrected chi connectivity index (χ0v) is 13.2. The molecule has 0 saturated heterocycles. The van der Waals surface area contributed by atoms with E-state index in [2.05, 4.69) is 52.9 Å². The van der Waals surface area contributed by atoms with E-state index in [1.54, 1.807) is 11.3 Å². The molecule has 0 spiro atoms. The van der Waals surface area contributed by atoms with Crippen LogP contribution in [0.3, 0.4) is 0 Å². The van der Waals surface area contributed by atoms with Gasteiger partial charge in [0.25, 0.3) is 0 Å². The Morgan fingerprint density at radius 3 is 3.05 bits per heavy atom. The van der Waals surface area contributed by atoms with E-state index >= 15 is 0 Å². The lowest BCUT2D eigenvalue weighted by Crippen LogP contribution is -2.12. The SMILES string of the molecule is CCc1nc(NC2C3Cc4ccccc4C32)c2ccsc2n1. The normalized spacial score (nSPS) is 25.0. The maximum absolute atomic E-state index is 4.74. The van der Waals surface area contributed by atoms with Crippen molar-refractivity contribution in [2.24, 2.45) is 5.92 Å². The highest BCUT2D eigenvalue weighted by Gasteiger charge is 2.55. The number of anilines is 1. The molecule has 1 fully saturated rings. The van der Waals surface area contributed by atoms with Gasteiger partial charge in [0.2, 0.25) is 0 Å². The summed E-state index contributed by atoms with van der Waals surface area (Å²) in [5, 5.41) is 6.99. The van der Waals surface area contributed by atoms with Crippen LogP contribution >= 0.6 is 11.3 Å². The molecule has 0 radical (unpaired) electrons. The largest absolute Gasteiger partial charge is 0.366 e. The molecule has 3 unspecified atom stereocenters. The summed E-state index contributed by atoms with van der Waals surface area (Å²) in [5.74, 6) is 3.37. The Kier molecular flexibility index (Phi) is 2.59. The van der Waals surface area contributed by atoms with Crippen LogP contribution in [0.1, 0.15) is 29.8 Å². The number of thiophene rings is 1. The molecule has 4 heteroatoms. The molecule has 1 aromatic carbocycles. The van der Waals surface area contributed by atoms with Crippen molar-refractivity contribution in [2.75, 3.05) is 5.32 Å². The number of benzene rings is 1. The molecule has 3 nitrogen and oxygen atoms in total. The Hall–Kier alpha value is -1.94. The summed E-state index contributed by atoms with van der Waals surface area (Å²) < 4.78 is 0. The molecule has 0 amide bonds. The Bertz CT molecular complexity index is 870. The van der Waals surface area contributed by atoms with E-state index in [0.29, 0.717) is 12.0 Å². The summed E-state index contributed by atoms with van der Waals surface area (Å²) in [6.07, 6.45) is 2.08. The average Bonchev–Trinajstić information content (AvgIpc) is 2.94. The van der Waals surface area contributed by atoms with Crippen LogP contribution in [0.4, 0.5) is 5.82 Å². The lowest BCUT2D eigenvalue weighted by molar-refractivity contribution is 0.820. The van der Waals surface area contributed by atoms with Crippen LogP contribution in [0.2, 0.25) is 0 Å². The minimum absolute atomic E-state index is 0.539. The van der Waals surface area contributed by atoms with Crippen molar-refractivity contribution >= 4 is 27.4 Å². The van der Waals surface area contributed by atoms with Crippen LogP contribution in [-0.4, -0.2) is 16.0 Å². The molecule has 2 heterocycles. The molecule has 2 aromatic heterocycles. The van der Waals surface area contributed by atoms with Crippen LogP contribution in [-0.2, 0) is 12.8 Å². The summed E-state index contributed by atoms with van der Waals surface area (Å²) in [6, 6.07) is 11.5. The smallest absolute Gasteiger partial charge is 0.138 e. The van der Waals surface area contributed by atoms with E-state index in [9.17, 15) is 0 Å². The van der Waals surface area contributed by atoms with E-state index < -0.39 is 0 Å². The van der Waals surface area contributed by atoms with E-state index in [1.165, 1.54) is 22.9 Å². The summed E-state index contributed by atoms with van der Waals surface area (Å²) in [5.41, 5.74) is 3.07. The topological polar surface area (TPSA) is 37.8 Å². The Balaban J connectivity index is 1.48. The van der Waals surface area contributed by atoms with Gasteiger partial charge in [-0.1, -0.05) is 31.2 Å². The van der Waals surface area contributed by atoms with E-state index in [4.69, 9.17) is 4.98 Å². The molecule has 2 aliphatic rings. The molecule has 22 heavy (non-hydrogen) atoms. The Morgan fingerprint density at radius 2 is 2.14 bits per heavy atom. The third-order valence-corrected chi connectivity index (χ3v) is 5.84. The molecular formula is C18H17N3S. The highest BCUT2D eigenvalue weighted by Crippen LogP contribution is 2.57. The number of aryl methyl sites for hydroxylation is 1. The number of aromatic nitrogens is 2. The van der Waals surface area contributed by atoms with Gasteiger partial charge in [0.1, 0.15) is 16.5 Å². The Labute approximate surface area is 133 Å². The van der Waals surface area contributed by atoms with Crippen molar-refractivity contribution in [1.29, 1.82) is 0 Å². The third-order valence-electron chi connectivity index (χ3n) is 5.03. The van der Waals surface area contributed by atoms with Crippen LogP contribution in [0.15, 0.2) is 35.7 Å². The first-order chi connectivity index (χ1) is 10.8. The number of rotatable bonds is 3. The molecular weight excluding hydrogens is 290 g/mol. The number of hydrogen-bond donors (Lipinski definition) is 1. The van der Waals surface area contributed by atoms with Gasteiger partial charge in [-0.3, -0.25) is 0 Å². The lowest BCUT2D eigenvalue weighted by atomic mass is 10.1. The van der Waals surface area contributed by atoms with Gasteiger partial charge in [-0.05, 0) is 34.9 Å². The fourth-order valence-electron chi connectivity index (χ4n) is 3.87. The molecule has 2 aliphatic carbocycles. The second-order valence-corrected chi connectivity index (χ2v) is 7.14. The maximum atomic E-state index is 4.74. The van der Waals surface area contributed by atoms with Gasteiger partial charge in [-0.25, -0.2) is 9.97 Å². The van der Waals surface area contributed by atoms with Crippen LogP contribution in [0.25, 0.3) is 10.2 Å². The molecule has 110 valence electrons. The monoisotopic (exact) mass is 307 g/mol. The quantitative estimate of drug-likeness (QED) is 0.794. The molecule has 5 rings (SSSR count). The van der Waals surface area contributed by atoms with Crippen LogP contribution < -0.4 is 5.32 Å². The molecule has 3 atom stereocenters. The minimum Gasteiger partial charge on any atom is -0.366 e. The fraction of sp³-hybridized carbons (Fsp3) is 0.333. The summed E-state index contributed by atoms with van der Waals surface area (Å²) >= 11 is 1.70. The highest BCUT2D eigenvalue weighted by molar-refractivity contribution is 7.16. The standard InChI is InChI=1S/C18H17N3S/c1-2-14-19-17(12-7-8-22-18(12)20-14)21-16-13-9-10-5-3-4-6-11(10)15(13)16/h3-8,13,15-16H,2,9H2,1H3,(H,19,20,21). The average molecular weight is 307 g/mol. The zero-order valence-electron chi connectivity index (χ0n) is 12.4. The molecule has 0 bridgehead atoms. The van der Waals surface area contributed by atoms with E-state index in [0.717, 1.165) is 28.8 Å². The van der Waals surface area contributed by atoms with Gasteiger partial charge in [0, 0.05) is 18.4 Å². The van der Waals surface area contributed by atoms with Gasteiger partial charge in [-0.15, -0.1) is 11.3 Å². The number of hydrogen-bond acceptors (Lipinski definition) is 4. The molecule has 1 N–H and O–H groups in total. The first-order valence-corrected chi connectivity index (χ1v) is 8.81. The van der Waals surface area contributed by atoms with Crippen LogP contribution in [0.5, 0.6) is 0 Å². The number of fused-ring (bicyclic) bond motifs is 4. The van der Waals surface area contributed by atoms with Gasteiger partial charge < -0.3 is 5.32 Å². The molecule has 3 aromatic rings. The molecule has 0 aliphatic heterocycles. The highest BCUT2D eigenvalue weighted by atomic mass is 32.1. The fourth-order valence-corrected chi connectivity index (χ4v) is 4.66. The minimum atomic E-state index is 0.539. The molecule has 1 saturated carbocycles. The predicted octanol–water partition coefficient (Wildman–Crippen LogP) is 4.00. The lowest BCUT2D eigenvalue weighted by Gasteiger charge is -2.11. The Morgan fingerprint density at radius 1 is 1.23 bits per heavy atom. The third kappa shape index (κ3) is 1.73. The maximum Gasteiger partial charge on any atom is 0.138 e. The second kappa shape index (κ2) is 4.53. The van der Waals surface area contributed by atoms with Gasteiger partial charge in [-0.2, -0.15) is 0 Å². The zero-order chi connectivity index (χ0) is 14.7. The van der Waals surface area contributed by atoms with E-state index in [1.807, 2.05) is 0 Å². The predicted molar refractivity (Wildman–Crippen MR) is 90.6 cm³/mol. The second-order valence-electron chi connectivity index (χ2n) is 6.24. The first-order valence-electron chi connectivity index (χ1n) is 7.93. The van der Waals surface area contributed by atoms with Crippen molar-refractivity contribution in [3.63, 3.8) is 0 Å². The van der Waals surface area contributed by atoms with Crippen LogP contribution in [0, 0.1) is 5.92 Å². The van der Waals surface area contributed by atoms with Gasteiger partial charge in [0.05, 0.1) is 5.39 Å². The number of nitrogens with zero attached hydrogens (tertiary/aromatic N) is 2. The summed E-state index contributed by atoms with van der Waals surface area (Å²) in [6.45, 7) is 2.11. The summed E-state index contributed by atoms with van der Waals surface area (Å²) in [4.78, 5) is 10.5. The van der Waals surface area contributed by atoms with Crippen molar-refractivity contribution < 1.29 is 0 Å². The first kappa shape index (κ1) is 12.6. The number of nitrogens with one attached hydrogen (secondary N) is 1. The van der Waals surface area contributed by atoms with Crippen molar-refractivity contribution in [2.45, 2.75) is 31.7 Å². The van der Waals surface area contributed by atoms with Gasteiger partial charge in [0.15, 0.2) is 0 Å².